The van der Waals surface area contributed by atoms with Crippen molar-refractivity contribution in [1.29, 1.82) is 5.26 Å². The molecule has 0 radical (unpaired) electrons. The number of fused-ring (bicyclic) bond motifs is 2. The van der Waals surface area contributed by atoms with Crippen molar-refractivity contribution in [2.75, 3.05) is 5.32 Å². The number of pyridine rings is 1. The van der Waals surface area contributed by atoms with Crippen LogP contribution < -0.4 is 5.32 Å². The molecule has 0 spiro atoms. The van der Waals surface area contributed by atoms with Gasteiger partial charge in [-0.05, 0) is 39.2 Å². The van der Waals surface area contributed by atoms with E-state index in [2.05, 4.69) is 16.4 Å². The van der Waals surface area contributed by atoms with E-state index >= 15 is 0 Å². The van der Waals surface area contributed by atoms with Crippen LogP contribution in [0.25, 0.3) is 0 Å². The molecule has 18 heavy (non-hydrogen) atoms. The lowest BCUT2D eigenvalue weighted by molar-refractivity contribution is 0.102. The molecule has 94 valence electrons. The quantitative estimate of drug-likeness (QED) is 0.866. The van der Waals surface area contributed by atoms with E-state index in [1.165, 1.54) is 6.42 Å². The van der Waals surface area contributed by atoms with E-state index in [1.807, 2.05) is 19.9 Å². The molecule has 0 saturated carbocycles. The Bertz CT molecular complexity index is 521. The molecule has 2 aliphatic rings. The third-order valence-corrected chi connectivity index (χ3v) is 3.89. The van der Waals surface area contributed by atoms with E-state index in [0.717, 1.165) is 29.9 Å². The van der Waals surface area contributed by atoms with Gasteiger partial charge in [-0.15, -0.1) is 0 Å². The van der Waals surface area contributed by atoms with Gasteiger partial charge in [0.1, 0.15) is 6.07 Å². The molecule has 1 aromatic rings. The van der Waals surface area contributed by atoms with Gasteiger partial charge in [-0.2, -0.15) is 5.26 Å². The fraction of sp³-hybridized carbons (Fsp3) is 0.571. The van der Waals surface area contributed by atoms with Crippen molar-refractivity contribution in [2.24, 2.45) is 0 Å². The highest BCUT2D eigenvalue weighted by Crippen LogP contribution is 2.36. The molecule has 1 aromatic heterocycles. The average molecular weight is 243 g/mol. The van der Waals surface area contributed by atoms with Crippen LogP contribution in [0.1, 0.15) is 36.2 Å². The highest BCUT2D eigenvalue weighted by atomic mass is 16.5. The predicted molar refractivity (Wildman–Crippen MR) is 68.3 cm³/mol. The van der Waals surface area contributed by atoms with E-state index in [1.54, 1.807) is 0 Å². The zero-order chi connectivity index (χ0) is 12.7. The first kappa shape index (κ1) is 11.5. The van der Waals surface area contributed by atoms with Gasteiger partial charge in [-0.25, -0.2) is 0 Å². The molecule has 3 heterocycles. The number of hydrogen-bond acceptors (Lipinski definition) is 4. The Morgan fingerprint density at radius 2 is 2.28 bits per heavy atom. The number of ether oxygens (including phenoxy) is 1. The summed E-state index contributed by atoms with van der Waals surface area (Å²) < 4.78 is 5.83. The summed E-state index contributed by atoms with van der Waals surface area (Å²) in [6.45, 7) is 3.84. The summed E-state index contributed by atoms with van der Waals surface area (Å²) in [5, 5.41) is 12.7. The summed E-state index contributed by atoms with van der Waals surface area (Å²) in [4.78, 5) is 4.33. The highest BCUT2D eigenvalue weighted by Gasteiger charge is 2.40. The molecule has 4 heteroatoms. The van der Waals surface area contributed by atoms with E-state index in [0.29, 0.717) is 23.8 Å². The van der Waals surface area contributed by atoms with Gasteiger partial charge >= 0.3 is 0 Å². The van der Waals surface area contributed by atoms with Gasteiger partial charge in [-0.3, -0.25) is 4.98 Å². The molecular weight excluding hydrogens is 226 g/mol. The van der Waals surface area contributed by atoms with Crippen molar-refractivity contribution < 1.29 is 4.74 Å². The minimum Gasteiger partial charge on any atom is -0.378 e. The number of rotatable bonds is 2. The fourth-order valence-electron chi connectivity index (χ4n) is 3.07. The van der Waals surface area contributed by atoms with E-state index < -0.39 is 0 Å². The molecule has 3 atom stereocenters. The van der Waals surface area contributed by atoms with Crippen LogP contribution in [0.5, 0.6) is 0 Å². The Labute approximate surface area is 107 Å². The van der Waals surface area contributed by atoms with Gasteiger partial charge in [0, 0.05) is 5.69 Å². The van der Waals surface area contributed by atoms with Crippen LogP contribution in [0, 0.1) is 25.2 Å². The molecule has 4 nitrogen and oxygen atoms in total. The zero-order valence-electron chi connectivity index (χ0n) is 10.7. The Hall–Kier alpha value is -1.60. The van der Waals surface area contributed by atoms with Crippen molar-refractivity contribution in [3.63, 3.8) is 0 Å². The second kappa shape index (κ2) is 4.25. The van der Waals surface area contributed by atoms with Crippen LogP contribution in [-0.2, 0) is 4.74 Å². The molecular formula is C14H17N3O. The van der Waals surface area contributed by atoms with Gasteiger partial charge in [0.15, 0.2) is 0 Å². The molecule has 0 amide bonds. The lowest BCUT2D eigenvalue weighted by Crippen LogP contribution is -2.30. The normalized spacial score (nSPS) is 29.3. The summed E-state index contributed by atoms with van der Waals surface area (Å²) in [6, 6.07) is 4.54. The number of aromatic nitrogens is 1. The number of nitrogens with one attached hydrogen (secondary N) is 1. The molecule has 2 saturated heterocycles. The maximum Gasteiger partial charge on any atom is 0.103 e. The molecule has 0 aromatic carbocycles. The van der Waals surface area contributed by atoms with Gasteiger partial charge in [-0.1, -0.05) is 0 Å². The SMILES string of the molecule is Cc1cc(NC2CC3CCC2O3)c(C#N)c(C)n1. The van der Waals surface area contributed by atoms with Crippen molar-refractivity contribution in [2.45, 2.75) is 51.4 Å². The summed E-state index contributed by atoms with van der Waals surface area (Å²) in [5.41, 5.74) is 3.30. The summed E-state index contributed by atoms with van der Waals surface area (Å²) >= 11 is 0. The van der Waals surface area contributed by atoms with Gasteiger partial charge in [0.05, 0.1) is 35.2 Å². The Morgan fingerprint density at radius 3 is 2.89 bits per heavy atom. The Kier molecular flexibility index (Phi) is 2.71. The van der Waals surface area contributed by atoms with Crippen molar-refractivity contribution in [3.05, 3.63) is 23.0 Å². The van der Waals surface area contributed by atoms with Crippen molar-refractivity contribution in [3.8, 4) is 6.07 Å². The van der Waals surface area contributed by atoms with Crippen LogP contribution in [0.3, 0.4) is 0 Å². The number of anilines is 1. The first-order valence-corrected chi connectivity index (χ1v) is 6.47. The maximum atomic E-state index is 9.23. The Balaban J connectivity index is 1.86. The molecule has 3 rings (SSSR count). The maximum absolute atomic E-state index is 9.23. The largest absolute Gasteiger partial charge is 0.378 e. The smallest absolute Gasteiger partial charge is 0.103 e. The topological polar surface area (TPSA) is 57.9 Å². The Morgan fingerprint density at radius 1 is 1.44 bits per heavy atom. The molecule has 3 unspecified atom stereocenters. The average Bonchev–Trinajstić information content (AvgIpc) is 2.90. The van der Waals surface area contributed by atoms with Crippen LogP contribution in [-0.4, -0.2) is 23.2 Å². The van der Waals surface area contributed by atoms with Crippen LogP contribution in [0.2, 0.25) is 0 Å². The lowest BCUT2D eigenvalue weighted by Gasteiger charge is -2.22. The predicted octanol–water partition coefficient (Wildman–Crippen LogP) is 2.30. The van der Waals surface area contributed by atoms with Gasteiger partial charge in [0.2, 0.25) is 0 Å². The second-order valence-electron chi connectivity index (χ2n) is 5.24. The zero-order valence-corrected chi connectivity index (χ0v) is 10.7. The van der Waals surface area contributed by atoms with E-state index in [-0.39, 0.29) is 0 Å². The molecule has 0 aliphatic carbocycles. The minimum absolute atomic E-state index is 0.315. The second-order valence-corrected chi connectivity index (χ2v) is 5.24. The molecule has 2 bridgehead atoms. The van der Waals surface area contributed by atoms with Crippen molar-refractivity contribution >= 4 is 5.69 Å². The van der Waals surface area contributed by atoms with E-state index in [9.17, 15) is 5.26 Å². The number of nitriles is 1. The highest BCUT2D eigenvalue weighted by molar-refractivity contribution is 5.60. The minimum atomic E-state index is 0.315. The summed E-state index contributed by atoms with van der Waals surface area (Å²) in [6.07, 6.45) is 4.10. The standard InChI is InChI=1S/C14H17N3O/c1-8-5-12(11(7-15)9(2)16-8)17-13-6-10-3-4-14(13)18-10/h5,10,13-14H,3-4,6H2,1-2H3,(H,16,17). The third-order valence-electron chi connectivity index (χ3n) is 3.89. The summed E-state index contributed by atoms with van der Waals surface area (Å²) in [7, 11) is 0. The molecule has 1 N–H and O–H groups in total. The molecule has 2 fully saturated rings. The van der Waals surface area contributed by atoms with Crippen molar-refractivity contribution in [1.82, 2.24) is 4.98 Å². The van der Waals surface area contributed by atoms with Crippen LogP contribution in [0.15, 0.2) is 6.07 Å². The first-order chi connectivity index (χ1) is 8.67. The lowest BCUT2D eigenvalue weighted by atomic mass is 9.95. The third kappa shape index (κ3) is 1.85. The van der Waals surface area contributed by atoms with Gasteiger partial charge in [0.25, 0.3) is 0 Å². The molecule has 2 aliphatic heterocycles. The number of nitrogens with zero attached hydrogens (tertiary/aromatic N) is 2. The van der Waals surface area contributed by atoms with Gasteiger partial charge < -0.3 is 10.1 Å². The van der Waals surface area contributed by atoms with Crippen LogP contribution >= 0.6 is 0 Å². The summed E-state index contributed by atoms with van der Waals surface area (Å²) in [5.74, 6) is 0. The fourth-order valence-corrected chi connectivity index (χ4v) is 3.07. The number of hydrogen-bond donors (Lipinski definition) is 1. The first-order valence-electron chi connectivity index (χ1n) is 6.47. The number of aryl methyl sites for hydroxylation is 2. The monoisotopic (exact) mass is 243 g/mol. The van der Waals surface area contributed by atoms with E-state index in [4.69, 9.17) is 4.74 Å². The van der Waals surface area contributed by atoms with Crippen LogP contribution in [0.4, 0.5) is 5.69 Å².